The first-order valence-corrected chi connectivity index (χ1v) is 32.9. The minimum atomic E-state index is -0.834. The first kappa shape index (κ1) is 77.2. The van der Waals surface area contributed by atoms with E-state index < -0.39 is 6.10 Å². The zero-order chi connectivity index (χ0) is 59.9. The molecule has 6 heteroatoms. The van der Waals surface area contributed by atoms with Gasteiger partial charge >= 0.3 is 17.9 Å². The fourth-order valence-electron chi connectivity index (χ4n) is 8.27. The van der Waals surface area contributed by atoms with Gasteiger partial charge in [-0.25, -0.2) is 0 Å². The van der Waals surface area contributed by atoms with Crippen molar-refractivity contribution in [2.75, 3.05) is 13.2 Å². The second-order valence-electron chi connectivity index (χ2n) is 20.9. The molecular formula is C77H118O6. The Kier molecular flexibility index (Phi) is 64.0. The Hall–Kier alpha value is -5.75. The molecule has 0 aromatic carbocycles. The van der Waals surface area contributed by atoms with Crippen LogP contribution in [0.3, 0.4) is 0 Å². The van der Waals surface area contributed by atoms with Gasteiger partial charge < -0.3 is 14.2 Å². The van der Waals surface area contributed by atoms with Crippen LogP contribution in [0.5, 0.6) is 0 Å². The van der Waals surface area contributed by atoms with Gasteiger partial charge in [-0.15, -0.1) is 0 Å². The molecule has 1 unspecified atom stereocenters. The Morgan fingerprint density at radius 3 is 0.711 bits per heavy atom. The van der Waals surface area contributed by atoms with E-state index in [4.69, 9.17) is 14.2 Å². The van der Waals surface area contributed by atoms with Crippen molar-refractivity contribution in [3.05, 3.63) is 194 Å². The molecule has 0 aliphatic carbocycles. The number of ether oxygens (including phenoxy) is 3. The van der Waals surface area contributed by atoms with Gasteiger partial charge in [-0.2, -0.15) is 0 Å². The maximum absolute atomic E-state index is 12.9. The van der Waals surface area contributed by atoms with Crippen molar-refractivity contribution in [2.24, 2.45) is 0 Å². The standard InChI is InChI=1S/C77H118O6/c1-4-7-10-13-16-19-22-25-28-31-33-35-37-38-40-41-43-46-49-52-55-58-61-64-67-70-76(79)82-73-74(72-81-75(78)69-66-63-60-57-54-51-48-45-30-27-24-21-18-15-12-9-6-3)83-77(80)71-68-65-62-59-56-53-50-47-44-42-39-36-34-32-29-26-23-20-17-14-11-8-5-2/h7-12,16-21,25-30,33-36,38,40,42-44,46,50,53,59,62,74H,4-6,13-15,22-24,31-32,37,39,41,45,47-49,51-52,54-58,60-61,63-73H2,1-3H3/b10-7-,11-8-,12-9-,19-16-,20-17-,21-18-,28-25-,29-26-,30-27-,35-33-,36-34-,40-38-,44-42-,46-43-,53-50-,62-59-. The number of hydrogen-bond donors (Lipinski definition) is 0. The molecule has 462 valence electrons. The highest BCUT2D eigenvalue weighted by Gasteiger charge is 2.19. The summed E-state index contributed by atoms with van der Waals surface area (Å²) in [6.07, 6.45) is 104. The highest BCUT2D eigenvalue weighted by atomic mass is 16.6. The van der Waals surface area contributed by atoms with Gasteiger partial charge in [-0.3, -0.25) is 14.4 Å². The van der Waals surface area contributed by atoms with Crippen molar-refractivity contribution in [3.8, 4) is 0 Å². The van der Waals surface area contributed by atoms with Gasteiger partial charge in [0.15, 0.2) is 6.10 Å². The van der Waals surface area contributed by atoms with Crippen molar-refractivity contribution in [1.29, 1.82) is 0 Å². The minimum absolute atomic E-state index is 0.122. The number of unbranched alkanes of at least 4 members (excludes halogenated alkanes) is 14. The fourth-order valence-corrected chi connectivity index (χ4v) is 8.27. The van der Waals surface area contributed by atoms with Crippen LogP contribution < -0.4 is 0 Å². The lowest BCUT2D eigenvalue weighted by atomic mass is 10.1. The number of carbonyl (C=O) groups is 3. The maximum Gasteiger partial charge on any atom is 0.306 e. The number of esters is 3. The van der Waals surface area contributed by atoms with Gasteiger partial charge in [0, 0.05) is 19.3 Å². The van der Waals surface area contributed by atoms with Crippen LogP contribution >= 0.6 is 0 Å². The molecule has 0 spiro atoms. The van der Waals surface area contributed by atoms with Gasteiger partial charge in [0.05, 0.1) is 0 Å². The third-order valence-electron chi connectivity index (χ3n) is 13.1. The van der Waals surface area contributed by atoms with E-state index in [1.165, 1.54) is 38.5 Å². The molecule has 0 rings (SSSR count). The largest absolute Gasteiger partial charge is 0.462 e. The van der Waals surface area contributed by atoms with E-state index >= 15 is 0 Å². The topological polar surface area (TPSA) is 78.9 Å². The zero-order valence-electron chi connectivity index (χ0n) is 52.9. The summed E-state index contributed by atoms with van der Waals surface area (Å²) in [5.74, 6) is -1.01. The monoisotopic (exact) mass is 1140 g/mol. The van der Waals surface area contributed by atoms with Crippen LogP contribution in [0.15, 0.2) is 194 Å². The van der Waals surface area contributed by atoms with Crippen molar-refractivity contribution in [1.82, 2.24) is 0 Å². The number of hydrogen-bond acceptors (Lipinski definition) is 6. The van der Waals surface area contributed by atoms with Crippen molar-refractivity contribution >= 4 is 17.9 Å². The van der Waals surface area contributed by atoms with Crippen LogP contribution in [0, 0.1) is 0 Å². The second-order valence-corrected chi connectivity index (χ2v) is 20.9. The molecule has 6 nitrogen and oxygen atoms in total. The first-order chi connectivity index (χ1) is 41.0. The fraction of sp³-hybridized carbons (Fsp3) is 0.545. The Bertz CT molecular complexity index is 1990. The van der Waals surface area contributed by atoms with Crippen LogP contribution in [-0.4, -0.2) is 37.2 Å². The van der Waals surface area contributed by atoms with Crippen molar-refractivity contribution < 1.29 is 28.6 Å². The van der Waals surface area contributed by atoms with Gasteiger partial charge in [-0.1, -0.05) is 273 Å². The van der Waals surface area contributed by atoms with E-state index in [1.54, 1.807) is 0 Å². The molecule has 0 aliphatic rings. The predicted molar refractivity (Wildman–Crippen MR) is 361 cm³/mol. The SMILES string of the molecule is CC/C=C\C/C=C\C/C=C\C/C=C\C/C=C\C/C=C\C/C=C\CCCC(=O)OC(COC(=O)CCCCCCCC/C=C\C/C=C\C/C=C\C/C=C\C/C=C\C/C=C\CC)COC(=O)CCCCCCCCC/C=C\C/C=C\C/C=C\CC. The van der Waals surface area contributed by atoms with E-state index in [0.29, 0.717) is 19.3 Å². The summed E-state index contributed by atoms with van der Waals surface area (Å²) in [6, 6.07) is 0. The lowest BCUT2D eigenvalue weighted by Crippen LogP contribution is -2.30. The summed E-state index contributed by atoms with van der Waals surface area (Å²) in [6.45, 7) is 6.23. The smallest absolute Gasteiger partial charge is 0.306 e. The molecule has 0 aromatic rings. The third-order valence-corrected chi connectivity index (χ3v) is 13.1. The Morgan fingerprint density at radius 2 is 0.446 bits per heavy atom. The molecule has 0 heterocycles. The highest BCUT2D eigenvalue weighted by Crippen LogP contribution is 2.14. The summed E-state index contributed by atoms with van der Waals surface area (Å²) in [5, 5.41) is 0. The molecule has 0 aliphatic heterocycles. The molecule has 0 N–H and O–H groups in total. The van der Waals surface area contributed by atoms with Crippen molar-refractivity contribution in [2.45, 2.75) is 258 Å². The van der Waals surface area contributed by atoms with E-state index in [1.807, 2.05) is 0 Å². The van der Waals surface area contributed by atoms with E-state index in [0.717, 1.165) is 167 Å². The summed E-state index contributed by atoms with van der Waals surface area (Å²) >= 11 is 0. The molecule has 0 amide bonds. The van der Waals surface area contributed by atoms with Gasteiger partial charge in [0.25, 0.3) is 0 Å². The minimum Gasteiger partial charge on any atom is -0.462 e. The number of carbonyl (C=O) groups excluding carboxylic acids is 3. The van der Waals surface area contributed by atoms with Crippen LogP contribution in [-0.2, 0) is 28.6 Å². The molecule has 1 atom stereocenters. The van der Waals surface area contributed by atoms with E-state index in [9.17, 15) is 14.4 Å². The molecule has 0 saturated carbocycles. The molecule has 0 saturated heterocycles. The van der Waals surface area contributed by atoms with Crippen molar-refractivity contribution in [3.63, 3.8) is 0 Å². The number of rotatable bonds is 57. The van der Waals surface area contributed by atoms with Crippen LogP contribution in [0.25, 0.3) is 0 Å². The zero-order valence-corrected chi connectivity index (χ0v) is 52.9. The molecule has 0 aromatic heterocycles. The lowest BCUT2D eigenvalue weighted by molar-refractivity contribution is -0.167. The predicted octanol–water partition coefficient (Wildman–Crippen LogP) is 23.0. The van der Waals surface area contributed by atoms with Crippen LogP contribution in [0.1, 0.15) is 252 Å². The van der Waals surface area contributed by atoms with Gasteiger partial charge in [-0.05, 0) is 154 Å². The number of allylic oxidation sites excluding steroid dienone is 32. The Morgan fingerprint density at radius 1 is 0.241 bits per heavy atom. The normalized spacial score (nSPS) is 13.4. The maximum atomic E-state index is 12.9. The van der Waals surface area contributed by atoms with E-state index in [-0.39, 0.29) is 37.5 Å². The highest BCUT2D eigenvalue weighted by molar-refractivity contribution is 5.71. The second kappa shape index (κ2) is 68.7. The van der Waals surface area contributed by atoms with E-state index in [2.05, 4.69) is 215 Å². The van der Waals surface area contributed by atoms with Crippen LogP contribution in [0.2, 0.25) is 0 Å². The first-order valence-electron chi connectivity index (χ1n) is 32.9. The summed E-state index contributed by atoms with van der Waals surface area (Å²) in [7, 11) is 0. The quantitative estimate of drug-likeness (QED) is 0.0261. The average molecular weight is 1140 g/mol. The third kappa shape index (κ3) is 66.9. The Labute approximate surface area is 509 Å². The molecule has 0 bridgehead atoms. The average Bonchev–Trinajstić information content (AvgIpc) is 3.49. The van der Waals surface area contributed by atoms with Gasteiger partial charge in [0.2, 0.25) is 0 Å². The molecule has 0 radical (unpaired) electrons. The summed E-state index contributed by atoms with van der Waals surface area (Å²) < 4.78 is 16.9. The molecular weight excluding hydrogens is 1020 g/mol. The Balaban J connectivity index is 4.57. The molecule has 0 fully saturated rings. The lowest BCUT2D eigenvalue weighted by Gasteiger charge is -2.18. The van der Waals surface area contributed by atoms with Crippen LogP contribution in [0.4, 0.5) is 0 Å². The molecule has 83 heavy (non-hydrogen) atoms. The summed E-state index contributed by atoms with van der Waals surface area (Å²) in [4.78, 5) is 38.4. The van der Waals surface area contributed by atoms with Gasteiger partial charge in [0.1, 0.15) is 13.2 Å². The summed E-state index contributed by atoms with van der Waals surface area (Å²) in [5.41, 5.74) is 0.